The maximum Gasteiger partial charge on any atom is 0.309 e. The zero-order valence-electron chi connectivity index (χ0n) is 7.81. The van der Waals surface area contributed by atoms with Crippen LogP contribution >= 0.6 is 0 Å². The predicted molar refractivity (Wildman–Crippen MR) is 49.7 cm³/mol. The summed E-state index contributed by atoms with van der Waals surface area (Å²) in [6, 6.07) is -0.0358. The molecule has 0 saturated carbocycles. The van der Waals surface area contributed by atoms with Crippen molar-refractivity contribution in [3.05, 3.63) is 17.7 Å². The summed E-state index contributed by atoms with van der Waals surface area (Å²) in [5.41, 5.74) is 6.46. The van der Waals surface area contributed by atoms with E-state index in [1.807, 2.05) is 4.57 Å². The van der Waals surface area contributed by atoms with Gasteiger partial charge in [0.1, 0.15) is 5.82 Å². The second-order valence-corrected chi connectivity index (χ2v) is 3.60. The number of nitrogens with two attached hydrogens (primary N) is 1. The summed E-state index contributed by atoms with van der Waals surface area (Å²) in [5, 5.41) is 8.61. The highest BCUT2D eigenvalue weighted by Crippen LogP contribution is 2.22. The van der Waals surface area contributed by atoms with E-state index in [1.54, 1.807) is 6.20 Å². The van der Waals surface area contributed by atoms with E-state index < -0.39 is 5.97 Å². The molecule has 1 aliphatic rings. The molecule has 0 bridgehead atoms. The molecule has 2 heterocycles. The summed E-state index contributed by atoms with van der Waals surface area (Å²) in [6.45, 7) is 0.898. The van der Waals surface area contributed by atoms with Crippen LogP contribution < -0.4 is 5.73 Å². The van der Waals surface area contributed by atoms with Gasteiger partial charge in [0.25, 0.3) is 0 Å². The lowest BCUT2D eigenvalue weighted by atomic mass is 10.1. The van der Waals surface area contributed by atoms with Gasteiger partial charge in [-0.3, -0.25) is 4.79 Å². The zero-order chi connectivity index (χ0) is 10.1. The first kappa shape index (κ1) is 9.21. The van der Waals surface area contributed by atoms with Crippen LogP contribution in [0.5, 0.6) is 0 Å². The first-order chi connectivity index (χ1) is 6.66. The minimum Gasteiger partial charge on any atom is -0.481 e. The van der Waals surface area contributed by atoms with Crippen molar-refractivity contribution in [2.45, 2.75) is 31.8 Å². The van der Waals surface area contributed by atoms with E-state index in [1.165, 1.54) is 0 Å². The fraction of sp³-hybridized carbons (Fsp3) is 0.556. The lowest BCUT2D eigenvalue weighted by Gasteiger charge is -2.19. The monoisotopic (exact) mass is 195 g/mol. The normalized spacial score (nSPS) is 20.5. The van der Waals surface area contributed by atoms with Gasteiger partial charge < -0.3 is 15.4 Å². The molecule has 1 aliphatic heterocycles. The van der Waals surface area contributed by atoms with E-state index in [9.17, 15) is 4.79 Å². The van der Waals surface area contributed by atoms with Crippen molar-refractivity contribution < 1.29 is 9.90 Å². The number of aliphatic carboxylic acids is 1. The maximum absolute atomic E-state index is 10.5. The highest BCUT2D eigenvalue weighted by Gasteiger charge is 2.19. The first-order valence-electron chi connectivity index (χ1n) is 4.70. The van der Waals surface area contributed by atoms with Crippen molar-refractivity contribution in [1.82, 2.24) is 9.55 Å². The van der Waals surface area contributed by atoms with Crippen LogP contribution in [-0.4, -0.2) is 20.6 Å². The fourth-order valence-corrected chi connectivity index (χ4v) is 1.81. The molecule has 0 amide bonds. The second kappa shape index (κ2) is 3.42. The van der Waals surface area contributed by atoms with Gasteiger partial charge >= 0.3 is 5.97 Å². The number of aryl methyl sites for hydroxylation is 1. The number of nitrogens with zero attached hydrogens (tertiary/aromatic N) is 2. The molecule has 1 atom stereocenters. The number of carboxylic acid groups (broad SMARTS) is 1. The largest absolute Gasteiger partial charge is 0.481 e. The zero-order valence-corrected chi connectivity index (χ0v) is 7.81. The number of carbonyl (C=O) groups is 1. The average molecular weight is 195 g/mol. The van der Waals surface area contributed by atoms with E-state index in [2.05, 4.69) is 4.98 Å². The molecule has 1 aromatic rings. The van der Waals surface area contributed by atoms with Gasteiger partial charge in [-0.1, -0.05) is 0 Å². The Morgan fingerprint density at radius 2 is 2.57 bits per heavy atom. The van der Waals surface area contributed by atoms with E-state index in [0.717, 1.165) is 25.2 Å². The lowest BCUT2D eigenvalue weighted by Crippen LogP contribution is -2.21. The van der Waals surface area contributed by atoms with Crippen molar-refractivity contribution in [3.63, 3.8) is 0 Å². The molecule has 0 aromatic carbocycles. The van der Waals surface area contributed by atoms with Crippen LogP contribution in [0.1, 0.15) is 30.4 Å². The van der Waals surface area contributed by atoms with Gasteiger partial charge in [0, 0.05) is 12.7 Å². The third-order valence-corrected chi connectivity index (χ3v) is 2.44. The summed E-state index contributed by atoms with van der Waals surface area (Å²) in [4.78, 5) is 14.7. The smallest absolute Gasteiger partial charge is 0.309 e. The predicted octanol–water partition coefficient (Wildman–Crippen LogP) is 0.304. The van der Waals surface area contributed by atoms with Gasteiger partial charge in [-0.15, -0.1) is 0 Å². The summed E-state index contributed by atoms with van der Waals surface area (Å²) >= 11 is 0. The van der Waals surface area contributed by atoms with Gasteiger partial charge in [-0.25, -0.2) is 4.98 Å². The van der Waals surface area contributed by atoms with Crippen LogP contribution in [0.25, 0.3) is 0 Å². The van der Waals surface area contributed by atoms with Crippen molar-refractivity contribution in [1.29, 1.82) is 0 Å². The molecule has 1 unspecified atom stereocenters. The Labute approximate surface area is 81.5 Å². The number of rotatable bonds is 2. The van der Waals surface area contributed by atoms with Crippen LogP contribution in [0.2, 0.25) is 0 Å². The molecule has 5 heteroatoms. The van der Waals surface area contributed by atoms with E-state index in [4.69, 9.17) is 10.8 Å². The summed E-state index contributed by atoms with van der Waals surface area (Å²) < 4.78 is 1.96. The molecule has 0 spiro atoms. The molecule has 14 heavy (non-hydrogen) atoms. The number of aromatic nitrogens is 2. The van der Waals surface area contributed by atoms with Gasteiger partial charge in [0.05, 0.1) is 18.2 Å². The SMILES string of the molecule is NC1CCCn2cc(CC(=O)O)nc21. The van der Waals surface area contributed by atoms with Crippen molar-refractivity contribution in [3.8, 4) is 0 Å². The maximum atomic E-state index is 10.5. The topological polar surface area (TPSA) is 81.1 Å². The molecule has 0 radical (unpaired) electrons. The van der Waals surface area contributed by atoms with Gasteiger partial charge in [-0.05, 0) is 12.8 Å². The Balaban J connectivity index is 2.26. The van der Waals surface area contributed by atoms with Crippen LogP contribution in [0.3, 0.4) is 0 Å². The lowest BCUT2D eigenvalue weighted by molar-refractivity contribution is -0.136. The molecule has 5 nitrogen and oxygen atoms in total. The van der Waals surface area contributed by atoms with Gasteiger partial charge in [-0.2, -0.15) is 0 Å². The van der Waals surface area contributed by atoms with Gasteiger partial charge in [0.2, 0.25) is 0 Å². The molecule has 1 aromatic heterocycles. The number of carboxylic acids is 1. The third kappa shape index (κ3) is 1.63. The number of hydrogen-bond donors (Lipinski definition) is 2. The van der Waals surface area contributed by atoms with Crippen LogP contribution in [-0.2, 0) is 17.8 Å². The summed E-state index contributed by atoms with van der Waals surface area (Å²) in [5.74, 6) is -0.0264. The van der Waals surface area contributed by atoms with Crippen LogP contribution in [0.4, 0.5) is 0 Å². The van der Waals surface area contributed by atoms with E-state index in [-0.39, 0.29) is 12.5 Å². The number of hydrogen-bond acceptors (Lipinski definition) is 3. The minimum atomic E-state index is -0.853. The molecule has 2 rings (SSSR count). The molecular formula is C9H13N3O2. The summed E-state index contributed by atoms with van der Waals surface area (Å²) in [6.07, 6.45) is 3.75. The number of imidazole rings is 1. The Bertz CT molecular complexity index is 359. The third-order valence-electron chi connectivity index (χ3n) is 2.44. The Kier molecular flexibility index (Phi) is 2.25. The second-order valence-electron chi connectivity index (χ2n) is 3.60. The Morgan fingerprint density at radius 1 is 1.79 bits per heavy atom. The van der Waals surface area contributed by atoms with E-state index >= 15 is 0 Å². The highest BCUT2D eigenvalue weighted by atomic mass is 16.4. The van der Waals surface area contributed by atoms with Crippen molar-refractivity contribution in [2.75, 3.05) is 0 Å². The van der Waals surface area contributed by atoms with Crippen LogP contribution in [0.15, 0.2) is 6.20 Å². The quantitative estimate of drug-likeness (QED) is 0.711. The molecule has 76 valence electrons. The molecule has 0 aliphatic carbocycles. The van der Waals surface area contributed by atoms with Gasteiger partial charge in [0.15, 0.2) is 0 Å². The Morgan fingerprint density at radius 3 is 3.21 bits per heavy atom. The highest BCUT2D eigenvalue weighted by molar-refractivity contribution is 5.69. The standard InChI is InChI=1S/C9H13N3O2/c10-7-2-1-3-12-5-6(4-8(13)14)11-9(7)12/h5,7H,1-4,10H2,(H,13,14). The first-order valence-corrected chi connectivity index (χ1v) is 4.70. The van der Waals surface area contributed by atoms with Crippen molar-refractivity contribution >= 4 is 5.97 Å². The molecule has 0 saturated heterocycles. The fourth-order valence-electron chi connectivity index (χ4n) is 1.81. The molecule has 0 fully saturated rings. The summed E-state index contributed by atoms with van der Waals surface area (Å²) in [7, 11) is 0. The number of fused-ring (bicyclic) bond motifs is 1. The molecule has 3 N–H and O–H groups in total. The molecular weight excluding hydrogens is 182 g/mol. The van der Waals surface area contributed by atoms with Crippen LogP contribution in [0, 0.1) is 0 Å². The van der Waals surface area contributed by atoms with Crippen molar-refractivity contribution in [2.24, 2.45) is 5.73 Å². The Hall–Kier alpha value is -1.36. The minimum absolute atomic E-state index is 0.0211. The average Bonchev–Trinajstić information content (AvgIpc) is 2.47. The van der Waals surface area contributed by atoms with E-state index in [0.29, 0.717) is 5.69 Å².